The third kappa shape index (κ3) is 6.08. The van der Waals surface area contributed by atoms with Crippen LogP contribution in [0.2, 0.25) is 0 Å². The van der Waals surface area contributed by atoms with Crippen LogP contribution in [-0.4, -0.2) is 50.5 Å². The zero-order valence-electron chi connectivity index (χ0n) is 18.5. The van der Waals surface area contributed by atoms with E-state index < -0.39 is 27.9 Å². The van der Waals surface area contributed by atoms with Gasteiger partial charge in [0.15, 0.2) is 6.61 Å². The van der Waals surface area contributed by atoms with Crippen LogP contribution in [0.4, 0.5) is 0 Å². The molecule has 2 aliphatic rings. The number of thiophene rings is 1. The Kier molecular flexibility index (Phi) is 8.15. The summed E-state index contributed by atoms with van der Waals surface area (Å²) in [4.78, 5) is 24.7. The van der Waals surface area contributed by atoms with Gasteiger partial charge in [-0.2, -0.15) is 4.31 Å². The van der Waals surface area contributed by atoms with Crippen molar-refractivity contribution in [1.29, 1.82) is 0 Å². The van der Waals surface area contributed by atoms with Crippen molar-refractivity contribution < 1.29 is 27.5 Å². The van der Waals surface area contributed by atoms with Gasteiger partial charge >= 0.3 is 11.9 Å². The highest BCUT2D eigenvalue weighted by atomic mass is 32.2. The van der Waals surface area contributed by atoms with Crippen LogP contribution >= 0.6 is 11.3 Å². The molecule has 2 fully saturated rings. The van der Waals surface area contributed by atoms with Crippen LogP contribution in [0.3, 0.4) is 0 Å². The van der Waals surface area contributed by atoms with E-state index in [1.54, 1.807) is 17.5 Å². The van der Waals surface area contributed by atoms with Gasteiger partial charge in [-0.25, -0.2) is 13.2 Å². The fourth-order valence-electron chi connectivity index (χ4n) is 4.57. The van der Waals surface area contributed by atoms with E-state index >= 15 is 0 Å². The van der Waals surface area contributed by atoms with Gasteiger partial charge in [0.05, 0.1) is 5.92 Å². The summed E-state index contributed by atoms with van der Waals surface area (Å²) in [6.45, 7) is 6.60. The standard InChI is InChI=1S/C22H33NO6S2/c1-15(2)18-7-6-16(3)13-19(18)29-20(24)14-28-22(25)17-8-10-23(11-9-17)31(26,27)21-5-4-12-30-21/h4-5,12,15-19H,6-11,13-14H2,1-3H3. The van der Waals surface area contributed by atoms with E-state index in [4.69, 9.17) is 9.47 Å². The minimum atomic E-state index is -3.50. The molecule has 0 radical (unpaired) electrons. The molecule has 7 nitrogen and oxygen atoms in total. The molecule has 1 saturated heterocycles. The summed E-state index contributed by atoms with van der Waals surface area (Å²) in [6.07, 6.45) is 3.68. The summed E-state index contributed by atoms with van der Waals surface area (Å²) in [5.74, 6) is -0.0704. The van der Waals surface area contributed by atoms with Crippen molar-refractivity contribution in [3.63, 3.8) is 0 Å². The predicted octanol–water partition coefficient (Wildman–Crippen LogP) is 3.70. The van der Waals surface area contributed by atoms with Crippen LogP contribution in [-0.2, 0) is 29.1 Å². The van der Waals surface area contributed by atoms with Gasteiger partial charge < -0.3 is 9.47 Å². The first-order valence-electron chi connectivity index (χ1n) is 11.1. The van der Waals surface area contributed by atoms with Crippen LogP contribution in [0.5, 0.6) is 0 Å². The van der Waals surface area contributed by atoms with Crippen molar-refractivity contribution in [3.05, 3.63) is 17.5 Å². The third-order valence-electron chi connectivity index (χ3n) is 6.45. The van der Waals surface area contributed by atoms with Crippen LogP contribution in [0.25, 0.3) is 0 Å². The predicted molar refractivity (Wildman–Crippen MR) is 118 cm³/mol. The van der Waals surface area contributed by atoms with Gasteiger partial charge in [0.2, 0.25) is 0 Å². The second-order valence-electron chi connectivity index (χ2n) is 9.07. The fraction of sp³-hybridized carbons (Fsp3) is 0.727. The van der Waals surface area contributed by atoms with Gasteiger partial charge in [0.25, 0.3) is 10.0 Å². The lowest BCUT2D eigenvalue weighted by Crippen LogP contribution is -2.41. The SMILES string of the molecule is CC1CCC(C(C)C)C(OC(=O)COC(=O)C2CCN(S(=O)(=O)c3cccs3)CC2)C1. The number of hydrogen-bond acceptors (Lipinski definition) is 7. The average Bonchev–Trinajstić information content (AvgIpc) is 3.28. The number of carbonyl (C=O) groups is 2. The van der Waals surface area contributed by atoms with Gasteiger partial charge in [-0.3, -0.25) is 4.79 Å². The van der Waals surface area contributed by atoms with Gasteiger partial charge in [0.1, 0.15) is 10.3 Å². The highest BCUT2D eigenvalue weighted by Crippen LogP contribution is 2.35. The quantitative estimate of drug-likeness (QED) is 0.564. The highest BCUT2D eigenvalue weighted by Gasteiger charge is 2.35. The summed E-state index contributed by atoms with van der Waals surface area (Å²) in [5.41, 5.74) is 0. The number of esters is 2. The maximum Gasteiger partial charge on any atom is 0.344 e. The summed E-state index contributed by atoms with van der Waals surface area (Å²) in [7, 11) is -3.50. The molecule has 3 rings (SSSR count). The third-order valence-corrected chi connectivity index (χ3v) is 9.72. The molecule has 9 heteroatoms. The molecule has 1 aromatic heterocycles. The van der Waals surface area contributed by atoms with Crippen molar-refractivity contribution in [3.8, 4) is 0 Å². The molecule has 31 heavy (non-hydrogen) atoms. The Morgan fingerprint density at radius 3 is 2.52 bits per heavy atom. The van der Waals surface area contributed by atoms with E-state index in [9.17, 15) is 18.0 Å². The Balaban J connectivity index is 1.44. The molecule has 1 aliphatic carbocycles. The molecule has 0 spiro atoms. The van der Waals surface area contributed by atoms with Crippen molar-refractivity contribution in [2.75, 3.05) is 19.7 Å². The second kappa shape index (κ2) is 10.4. The lowest BCUT2D eigenvalue weighted by molar-refractivity contribution is -0.169. The number of piperidine rings is 1. The second-order valence-corrected chi connectivity index (χ2v) is 12.2. The van der Waals surface area contributed by atoms with Gasteiger partial charge in [0, 0.05) is 13.1 Å². The Bertz CT molecular complexity index is 843. The van der Waals surface area contributed by atoms with E-state index in [0.29, 0.717) is 34.8 Å². The number of nitrogens with zero attached hydrogens (tertiary/aromatic N) is 1. The van der Waals surface area contributed by atoms with Crippen molar-refractivity contribution in [2.24, 2.45) is 23.7 Å². The number of rotatable bonds is 7. The van der Waals surface area contributed by atoms with E-state index in [-0.39, 0.29) is 25.8 Å². The van der Waals surface area contributed by atoms with Gasteiger partial charge in [-0.1, -0.05) is 33.3 Å². The Labute approximate surface area is 189 Å². The Morgan fingerprint density at radius 1 is 1.19 bits per heavy atom. The number of carbonyl (C=O) groups excluding carboxylic acids is 2. The van der Waals surface area contributed by atoms with E-state index in [2.05, 4.69) is 20.8 Å². The maximum atomic E-state index is 12.6. The van der Waals surface area contributed by atoms with Crippen LogP contribution in [0, 0.1) is 23.7 Å². The van der Waals surface area contributed by atoms with E-state index in [0.717, 1.165) is 19.3 Å². The Morgan fingerprint density at radius 2 is 1.90 bits per heavy atom. The average molecular weight is 472 g/mol. The molecule has 174 valence electrons. The summed E-state index contributed by atoms with van der Waals surface area (Å²) >= 11 is 1.19. The largest absolute Gasteiger partial charge is 0.460 e. The van der Waals surface area contributed by atoms with Crippen molar-refractivity contribution in [1.82, 2.24) is 4.31 Å². The zero-order chi connectivity index (χ0) is 22.6. The summed E-state index contributed by atoms with van der Waals surface area (Å²) in [6, 6.07) is 3.29. The molecular weight excluding hydrogens is 438 g/mol. The lowest BCUT2D eigenvalue weighted by atomic mass is 9.75. The molecule has 0 aromatic carbocycles. The highest BCUT2D eigenvalue weighted by molar-refractivity contribution is 7.91. The molecule has 0 bridgehead atoms. The maximum absolute atomic E-state index is 12.6. The minimum Gasteiger partial charge on any atom is -0.460 e. The fourth-order valence-corrected chi connectivity index (χ4v) is 7.18. The first kappa shape index (κ1) is 24.2. The molecule has 3 unspecified atom stereocenters. The molecular formula is C22H33NO6S2. The normalized spacial score (nSPS) is 26.0. The minimum absolute atomic E-state index is 0.124. The summed E-state index contributed by atoms with van der Waals surface area (Å²) < 4.78 is 37.8. The van der Waals surface area contributed by atoms with Crippen LogP contribution in [0.1, 0.15) is 52.9 Å². The topological polar surface area (TPSA) is 90.0 Å². The zero-order valence-corrected chi connectivity index (χ0v) is 20.1. The number of ether oxygens (including phenoxy) is 2. The van der Waals surface area contributed by atoms with Crippen molar-refractivity contribution >= 4 is 33.3 Å². The molecule has 1 aliphatic heterocycles. The van der Waals surface area contributed by atoms with Crippen LogP contribution in [0.15, 0.2) is 21.7 Å². The lowest BCUT2D eigenvalue weighted by Gasteiger charge is -2.36. The smallest absolute Gasteiger partial charge is 0.344 e. The molecule has 0 N–H and O–H groups in total. The first-order valence-corrected chi connectivity index (χ1v) is 13.4. The monoisotopic (exact) mass is 471 g/mol. The summed E-state index contributed by atoms with van der Waals surface area (Å²) in [5, 5.41) is 1.73. The molecule has 3 atom stereocenters. The van der Waals surface area contributed by atoms with Gasteiger partial charge in [-0.15, -0.1) is 11.3 Å². The molecule has 2 heterocycles. The first-order chi connectivity index (χ1) is 14.7. The van der Waals surface area contributed by atoms with Crippen LogP contribution < -0.4 is 0 Å². The molecule has 1 aromatic rings. The Hall–Kier alpha value is -1.45. The van der Waals surface area contributed by atoms with E-state index in [1.165, 1.54) is 15.6 Å². The molecule has 1 saturated carbocycles. The molecule has 0 amide bonds. The van der Waals surface area contributed by atoms with E-state index in [1.807, 2.05) is 0 Å². The number of sulfonamides is 1. The van der Waals surface area contributed by atoms with Gasteiger partial charge in [-0.05, 0) is 54.9 Å². The van der Waals surface area contributed by atoms with Crippen molar-refractivity contribution in [2.45, 2.75) is 63.2 Å². The number of hydrogen-bond donors (Lipinski definition) is 0.